The highest BCUT2D eigenvalue weighted by molar-refractivity contribution is 5.99. The molecule has 1 aliphatic rings. The maximum absolute atomic E-state index is 12.6. The highest BCUT2D eigenvalue weighted by Crippen LogP contribution is 2.27. The normalized spacial score (nSPS) is 16.9. The van der Waals surface area contributed by atoms with Crippen molar-refractivity contribution in [2.75, 3.05) is 16.8 Å². The van der Waals surface area contributed by atoms with E-state index in [4.69, 9.17) is 0 Å². The number of nitrogens with zero attached hydrogens (tertiary/aromatic N) is 3. The molecule has 1 aliphatic heterocycles. The third-order valence-electron chi connectivity index (χ3n) is 4.39. The molecule has 0 spiro atoms. The van der Waals surface area contributed by atoms with E-state index in [0.29, 0.717) is 0 Å². The number of aryl methyl sites for hydroxylation is 2. The summed E-state index contributed by atoms with van der Waals surface area (Å²) in [5, 5.41) is 4.10. The Balaban J connectivity index is 1.51. The molecule has 0 radical (unpaired) electrons. The summed E-state index contributed by atoms with van der Waals surface area (Å²) in [5.74, 6) is 1.56. The van der Waals surface area contributed by atoms with Gasteiger partial charge in [0.15, 0.2) is 0 Å². The average Bonchev–Trinajstić information content (AvgIpc) is 2.92. The van der Waals surface area contributed by atoms with Crippen molar-refractivity contribution in [1.29, 1.82) is 0 Å². The van der Waals surface area contributed by atoms with Crippen molar-refractivity contribution in [2.45, 2.75) is 26.3 Å². The first-order valence-corrected chi connectivity index (χ1v) is 8.07. The lowest BCUT2D eigenvalue weighted by Crippen LogP contribution is -2.55. The van der Waals surface area contributed by atoms with E-state index in [1.165, 1.54) is 0 Å². The fourth-order valence-electron chi connectivity index (χ4n) is 3.14. The molecule has 1 amide bonds. The molecule has 1 fully saturated rings. The number of carbonyl (C=O) groups is 1. The van der Waals surface area contributed by atoms with Crippen LogP contribution in [0.15, 0.2) is 36.5 Å². The van der Waals surface area contributed by atoms with Crippen LogP contribution >= 0.6 is 0 Å². The number of benzene rings is 1. The van der Waals surface area contributed by atoms with Crippen LogP contribution in [0.1, 0.15) is 17.9 Å². The molecular formula is C18H19N5O. The molecule has 122 valence electrons. The van der Waals surface area contributed by atoms with E-state index in [0.717, 1.165) is 46.9 Å². The third kappa shape index (κ3) is 2.60. The van der Waals surface area contributed by atoms with E-state index in [9.17, 15) is 4.79 Å². The van der Waals surface area contributed by atoms with Crippen molar-refractivity contribution in [3.63, 3.8) is 0 Å². The van der Waals surface area contributed by atoms with E-state index in [-0.39, 0.29) is 11.9 Å². The smallest absolute Gasteiger partial charge is 0.247 e. The Kier molecular flexibility index (Phi) is 3.45. The van der Waals surface area contributed by atoms with Crippen LogP contribution in [0.5, 0.6) is 0 Å². The van der Waals surface area contributed by atoms with Gasteiger partial charge < -0.3 is 15.2 Å². The standard InChI is InChI=1S/C18H19N5O/c1-11-9-17(21-12(2)20-11)23-8-6-16(23)18(24)22-14-3-4-15-13(10-14)5-7-19-15/h3-5,7,9-10,16,19H,6,8H2,1-2H3,(H,22,24)/t16-/m1/s1. The summed E-state index contributed by atoms with van der Waals surface area (Å²) in [7, 11) is 0. The van der Waals surface area contributed by atoms with Gasteiger partial charge in [-0.2, -0.15) is 0 Å². The number of aromatic amines is 1. The molecule has 0 bridgehead atoms. The molecule has 1 saturated heterocycles. The lowest BCUT2D eigenvalue weighted by atomic mass is 10.0. The first kappa shape index (κ1) is 14.7. The molecular weight excluding hydrogens is 302 g/mol. The molecule has 0 aliphatic carbocycles. The number of fused-ring (bicyclic) bond motifs is 1. The Labute approximate surface area is 139 Å². The predicted molar refractivity (Wildman–Crippen MR) is 94.2 cm³/mol. The molecule has 2 aromatic heterocycles. The molecule has 6 heteroatoms. The minimum absolute atomic E-state index is 0.00468. The van der Waals surface area contributed by atoms with Gasteiger partial charge in [-0.05, 0) is 44.5 Å². The monoisotopic (exact) mass is 321 g/mol. The summed E-state index contributed by atoms with van der Waals surface area (Å²) in [5.41, 5.74) is 2.79. The maximum Gasteiger partial charge on any atom is 0.247 e. The van der Waals surface area contributed by atoms with Crippen LogP contribution in [0.2, 0.25) is 0 Å². The molecule has 3 heterocycles. The number of nitrogens with one attached hydrogen (secondary N) is 2. The largest absolute Gasteiger partial charge is 0.361 e. The zero-order valence-electron chi connectivity index (χ0n) is 13.7. The van der Waals surface area contributed by atoms with Crippen molar-refractivity contribution in [1.82, 2.24) is 15.0 Å². The minimum Gasteiger partial charge on any atom is -0.361 e. The molecule has 1 atom stereocenters. The molecule has 4 rings (SSSR count). The average molecular weight is 321 g/mol. The number of H-pyrrole nitrogens is 1. The van der Waals surface area contributed by atoms with Gasteiger partial charge in [-0.3, -0.25) is 4.79 Å². The number of hydrogen-bond acceptors (Lipinski definition) is 4. The van der Waals surface area contributed by atoms with E-state index >= 15 is 0 Å². The summed E-state index contributed by atoms with van der Waals surface area (Å²) in [4.78, 5) is 26.6. The highest BCUT2D eigenvalue weighted by Gasteiger charge is 2.35. The number of hydrogen-bond donors (Lipinski definition) is 2. The molecule has 24 heavy (non-hydrogen) atoms. The van der Waals surface area contributed by atoms with Crippen LogP contribution in [0.4, 0.5) is 11.5 Å². The van der Waals surface area contributed by atoms with Crippen molar-refractivity contribution >= 4 is 28.3 Å². The second-order valence-corrected chi connectivity index (χ2v) is 6.18. The van der Waals surface area contributed by atoms with Crippen LogP contribution < -0.4 is 10.2 Å². The number of amides is 1. The number of aromatic nitrogens is 3. The summed E-state index contributed by atoms with van der Waals surface area (Å²) in [6, 6.07) is 9.61. The van der Waals surface area contributed by atoms with Gasteiger partial charge in [-0.1, -0.05) is 0 Å². The van der Waals surface area contributed by atoms with Gasteiger partial charge in [-0.15, -0.1) is 0 Å². The van der Waals surface area contributed by atoms with Crippen molar-refractivity contribution in [3.8, 4) is 0 Å². The molecule has 2 N–H and O–H groups in total. The number of rotatable bonds is 3. The second kappa shape index (κ2) is 5.63. The topological polar surface area (TPSA) is 73.9 Å². The Hall–Kier alpha value is -2.89. The summed E-state index contributed by atoms with van der Waals surface area (Å²) < 4.78 is 0. The van der Waals surface area contributed by atoms with E-state index in [2.05, 4.69) is 20.3 Å². The lowest BCUT2D eigenvalue weighted by Gasteiger charge is -2.40. The summed E-state index contributed by atoms with van der Waals surface area (Å²) in [6.45, 7) is 4.65. The van der Waals surface area contributed by atoms with Crippen LogP contribution in [-0.2, 0) is 4.79 Å². The molecule has 0 unspecified atom stereocenters. The van der Waals surface area contributed by atoms with Crippen LogP contribution in [0.25, 0.3) is 10.9 Å². The van der Waals surface area contributed by atoms with Crippen LogP contribution in [0, 0.1) is 13.8 Å². The van der Waals surface area contributed by atoms with Crippen molar-refractivity contribution in [3.05, 3.63) is 48.0 Å². The molecule has 6 nitrogen and oxygen atoms in total. The van der Waals surface area contributed by atoms with Crippen LogP contribution in [-0.4, -0.2) is 33.4 Å². The Morgan fingerprint density at radius 3 is 2.88 bits per heavy atom. The van der Waals surface area contributed by atoms with Crippen molar-refractivity contribution in [2.24, 2.45) is 0 Å². The second-order valence-electron chi connectivity index (χ2n) is 6.18. The fraction of sp³-hybridized carbons (Fsp3) is 0.278. The molecule has 1 aromatic carbocycles. The first-order chi connectivity index (χ1) is 11.6. The summed E-state index contributed by atoms with van der Waals surface area (Å²) >= 11 is 0. The fourth-order valence-corrected chi connectivity index (χ4v) is 3.14. The SMILES string of the molecule is Cc1cc(N2CC[C@@H]2C(=O)Nc2ccc3[nH]ccc3c2)nc(C)n1. The van der Waals surface area contributed by atoms with Gasteiger partial charge in [0.25, 0.3) is 0 Å². The van der Waals surface area contributed by atoms with Crippen LogP contribution in [0.3, 0.4) is 0 Å². The quantitative estimate of drug-likeness (QED) is 0.778. The maximum atomic E-state index is 12.6. The van der Waals surface area contributed by atoms with E-state index < -0.39 is 0 Å². The van der Waals surface area contributed by atoms with Gasteiger partial charge in [0.2, 0.25) is 5.91 Å². The van der Waals surface area contributed by atoms with Gasteiger partial charge in [0.1, 0.15) is 17.7 Å². The molecule has 0 saturated carbocycles. The number of anilines is 2. The van der Waals surface area contributed by atoms with E-state index in [1.54, 1.807) is 0 Å². The molecule has 3 aromatic rings. The Morgan fingerprint density at radius 1 is 1.25 bits per heavy atom. The zero-order valence-corrected chi connectivity index (χ0v) is 13.7. The summed E-state index contributed by atoms with van der Waals surface area (Å²) in [6.07, 6.45) is 2.73. The third-order valence-corrected chi connectivity index (χ3v) is 4.39. The Morgan fingerprint density at radius 2 is 2.12 bits per heavy atom. The van der Waals surface area contributed by atoms with Gasteiger partial charge in [0.05, 0.1) is 0 Å². The van der Waals surface area contributed by atoms with E-state index in [1.807, 2.05) is 55.3 Å². The zero-order chi connectivity index (χ0) is 16.7. The van der Waals surface area contributed by atoms with Gasteiger partial charge in [-0.25, -0.2) is 9.97 Å². The minimum atomic E-state index is -0.180. The van der Waals surface area contributed by atoms with Crippen molar-refractivity contribution < 1.29 is 4.79 Å². The number of carbonyl (C=O) groups excluding carboxylic acids is 1. The highest BCUT2D eigenvalue weighted by atomic mass is 16.2. The van der Waals surface area contributed by atoms with Gasteiger partial charge >= 0.3 is 0 Å². The predicted octanol–water partition coefficient (Wildman–Crippen LogP) is 2.79. The Bertz CT molecular complexity index is 896. The van der Waals surface area contributed by atoms with Gasteiger partial charge in [0, 0.05) is 41.1 Å². The lowest BCUT2D eigenvalue weighted by molar-refractivity contribution is -0.118. The first-order valence-electron chi connectivity index (χ1n) is 8.07.